The highest BCUT2D eigenvalue weighted by Gasteiger charge is 2.35. The highest BCUT2D eigenvalue weighted by atomic mass is 16.4. The normalized spacial score (nSPS) is 25.7. The number of hydrogen-bond donors (Lipinski definition) is 4. The smallest absolute Gasteiger partial charge is 0.326 e. The number of β-amino-alcohol motifs (C(OH)–C–C–N with tert-alkyl or cyclic N) is 1. The number of carboxylic acid groups (broad SMARTS) is 1. The molecule has 1 unspecified atom stereocenters. The van der Waals surface area contributed by atoms with Gasteiger partial charge in [0.2, 0.25) is 0 Å². The van der Waals surface area contributed by atoms with E-state index in [0.29, 0.717) is 13.0 Å². The summed E-state index contributed by atoms with van der Waals surface area (Å²) < 4.78 is 0. The van der Waals surface area contributed by atoms with Crippen molar-refractivity contribution in [2.75, 3.05) is 19.7 Å². The Kier molecular flexibility index (Phi) is 4.30. The molecule has 4 N–H and O–H groups in total. The standard InChI is InChI=1S/C10H18N2O5/c1-10(17)3-4-12(6-10)9(16)11-7(2-5-13)8(14)15/h7,13,17H,2-6H2,1H3,(H,11,16)(H,14,15)/t7-,10?/m0/s1. The second kappa shape index (κ2) is 5.33. The molecule has 7 nitrogen and oxygen atoms in total. The summed E-state index contributed by atoms with van der Waals surface area (Å²) in [5.41, 5.74) is -0.910. The summed E-state index contributed by atoms with van der Waals surface area (Å²) in [4.78, 5) is 23.8. The van der Waals surface area contributed by atoms with Crippen LogP contribution in [0, 0.1) is 0 Å². The monoisotopic (exact) mass is 246 g/mol. The minimum Gasteiger partial charge on any atom is -0.480 e. The Balaban J connectivity index is 2.51. The lowest BCUT2D eigenvalue weighted by Gasteiger charge is -2.21. The molecule has 1 heterocycles. The van der Waals surface area contributed by atoms with Gasteiger partial charge in [-0.2, -0.15) is 0 Å². The first-order valence-corrected chi connectivity index (χ1v) is 5.47. The van der Waals surface area contributed by atoms with Gasteiger partial charge in [0.05, 0.1) is 12.1 Å². The summed E-state index contributed by atoms with van der Waals surface area (Å²) in [6.07, 6.45) is 0.434. The third-order valence-corrected chi connectivity index (χ3v) is 2.75. The predicted molar refractivity (Wildman–Crippen MR) is 58.5 cm³/mol. The zero-order chi connectivity index (χ0) is 13.1. The number of nitrogens with zero attached hydrogens (tertiary/aromatic N) is 1. The van der Waals surface area contributed by atoms with Crippen molar-refractivity contribution in [3.8, 4) is 0 Å². The quantitative estimate of drug-likeness (QED) is 0.508. The summed E-state index contributed by atoms with van der Waals surface area (Å²) in [5, 5.41) is 29.5. The van der Waals surface area contributed by atoms with E-state index in [0.717, 1.165) is 0 Å². The van der Waals surface area contributed by atoms with E-state index in [9.17, 15) is 14.7 Å². The van der Waals surface area contributed by atoms with Crippen molar-refractivity contribution in [3.63, 3.8) is 0 Å². The number of aliphatic hydroxyl groups excluding tert-OH is 1. The Labute approximate surface area is 99.0 Å². The minimum absolute atomic E-state index is 0.0364. The van der Waals surface area contributed by atoms with Gasteiger partial charge in [-0.3, -0.25) is 0 Å². The molecule has 0 aromatic heterocycles. The molecule has 0 spiro atoms. The number of nitrogens with one attached hydrogen (secondary N) is 1. The van der Waals surface area contributed by atoms with Crippen LogP contribution < -0.4 is 5.32 Å². The number of amides is 2. The first kappa shape index (κ1) is 13.7. The van der Waals surface area contributed by atoms with E-state index in [1.165, 1.54) is 4.90 Å². The van der Waals surface area contributed by atoms with Crippen molar-refractivity contribution < 1.29 is 24.9 Å². The fourth-order valence-corrected chi connectivity index (χ4v) is 1.75. The number of rotatable bonds is 4. The molecule has 0 aromatic rings. The van der Waals surface area contributed by atoms with Gasteiger partial charge >= 0.3 is 12.0 Å². The Morgan fingerprint density at radius 3 is 2.59 bits per heavy atom. The number of carboxylic acids is 1. The summed E-state index contributed by atoms with van der Waals surface area (Å²) in [6, 6.07) is -1.62. The molecular weight excluding hydrogens is 228 g/mol. The highest BCUT2D eigenvalue weighted by molar-refractivity contribution is 5.82. The summed E-state index contributed by atoms with van der Waals surface area (Å²) in [5.74, 6) is -1.18. The fourth-order valence-electron chi connectivity index (χ4n) is 1.75. The molecule has 0 saturated carbocycles. The summed E-state index contributed by atoms with van der Waals surface area (Å²) in [7, 11) is 0. The fraction of sp³-hybridized carbons (Fsp3) is 0.800. The van der Waals surface area contributed by atoms with Gasteiger partial charge in [0.15, 0.2) is 0 Å². The molecule has 1 rings (SSSR count). The van der Waals surface area contributed by atoms with Crippen molar-refractivity contribution in [2.45, 2.75) is 31.4 Å². The van der Waals surface area contributed by atoms with Crippen molar-refractivity contribution >= 4 is 12.0 Å². The molecule has 2 atom stereocenters. The Bertz CT molecular complexity index is 305. The van der Waals surface area contributed by atoms with Gasteiger partial charge in [0, 0.05) is 19.6 Å². The molecule has 2 amide bonds. The van der Waals surface area contributed by atoms with Crippen LogP contribution in [0.2, 0.25) is 0 Å². The third kappa shape index (κ3) is 3.86. The molecule has 1 aliphatic heterocycles. The molecule has 0 bridgehead atoms. The summed E-state index contributed by atoms with van der Waals surface area (Å²) in [6.45, 7) is 1.90. The molecule has 7 heteroatoms. The van der Waals surface area contributed by atoms with E-state index in [4.69, 9.17) is 10.2 Å². The SMILES string of the molecule is CC1(O)CCN(C(=O)N[C@@H](CCO)C(=O)O)C1. The number of carbonyl (C=O) groups is 2. The molecule has 17 heavy (non-hydrogen) atoms. The van der Waals surface area contributed by atoms with Crippen LogP contribution in [-0.4, -0.2) is 63.6 Å². The molecule has 0 aromatic carbocycles. The Morgan fingerprint density at radius 2 is 2.18 bits per heavy atom. The lowest BCUT2D eigenvalue weighted by Crippen LogP contribution is -2.48. The highest BCUT2D eigenvalue weighted by Crippen LogP contribution is 2.20. The van der Waals surface area contributed by atoms with Crippen LogP contribution in [0.15, 0.2) is 0 Å². The van der Waals surface area contributed by atoms with Crippen LogP contribution in [0.3, 0.4) is 0 Å². The second-order valence-electron chi connectivity index (χ2n) is 4.52. The Morgan fingerprint density at radius 1 is 1.53 bits per heavy atom. The molecule has 1 aliphatic rings. The van der Waals surface area contributed by atoms with E-state index >= 15 is 0 Å². The van der Waals surface area contributed by atoms with Gasteiger partial charge in [0.25, 0.3) is 0 Å². The maximum atomic E-state index is 11.7. The second-order valence-corrected chi connectivity index (χ2v) is 4.52. The average Bonchev–Trinajstić information content (AvgIpc) is 2.58. The van der Waals surface area contributed by atoms with E-state index in [2.05, 4.69) is 5.32 Å². The van der Waals surface area contributed by atoms with Gasteiger partial charge in [-0.15, -0.1) is 0 Å². The van der Waals surface area contributed by atoms with Crippen LogP contribution >= 0.6 is 0 Å². The van der Waals surface area contributed by atoms with Gasteiger partial charge in [-0.25, -0.2) is 9.59 Å². The summed E-state index contributed by atoms with van der Waals surface area (Å²) >= 11 is 0. The maximum Gasteiger partial charge on any atom is 0.326 e. The van der Waals surface area contributed by atoms with Crippen LogP contribution in [-0.2, 0) is 4.79 Å². The molecular formula is C10H18N2O5. The lowest BCUT2D eigenvalue weighted by atomic mass is 10.1. The number of aliphatic hydroxyl groups is 2. The van der Waals surface area contributed by atoms with Gasteiger partial charge in [0.1, 0.15) is 6.04 Å². The number of aliphatic carboxylic acids is 1. The first-order valence-electron chi connectivity index (χ1n) is 5.47. The van der Waals surface area contributed by atoms with Gasteiger partial charge < -0.3 is 25.5 Å². The maximum absolute atomic E-state index is 11.7. The zero-order valence-corrected chi connectivity index (χ0v) is 9.72. The lowest BCUT2D eigenvalue weighted by molar-refractivity contribution is -0.139. The number of likely N-dealkylation sites (tertiary alicyclic amines) is 1. The van der Waals surface area contributed by atoms with Crippen molar-refractivity contribution in [3.05, 3.63) is 0 Å². The molecule has 98 valence electrons. The number of hydrogen-bond acceptors (Lipinski definition) is 4. The van der Waals surface area contributed by atoms with Crippen LogP contribution in [0.1, 0.15) is 19.8 Å². The van der Waals surface area contributed by atoms with E-state index < -0.39 is 23.6 Å². The first-order chi connectivity index (χ1) is 7.85. The minimum atomic E-state index is -1.18. The molecule has 0 aliphatic carbocycles. The number of carbonyl (C=O) groups excluding carboxylic acids is 1. The van der Waals surface area contributed by atoms with Crippen molar-refractivity contribution in [2.24, 2.45) is 0 Å². The molecule has 0 radical (unpaired) electrons. The molecule has 1 fully saturated rings. The number of urea groups is 1. The third-order valence-electron chi connectivity index (χ3n) is 2.75. The van der Waals surface area contributed by atoms with Gasteiger partial charge in [-0.05, 0) is 13.3 Å². The van der Waals surface area contributed by atoms with Crippen molar-refractivity contribution in [1.29, 1.82) is 0 Å². The molecule has 1 saturated heterocycles. The predicted octanol–water partition coefficient (Wildman–Crippen LogP) is -1.01. The van der Waals surface area contributed by atoms with Crippen LogP contribution in [0.25, 0.3) is 0 Å². The van der Waals surface area contributed by atoms with Crippen LogP contribution in [0.5, 0.6) is 0 Å². The van der Waals surface area contributed by atoms with Gasteiger partial charge in [-0.1, -0.05) is 0 Å². The van der Waals surface area contributed by atoms with E-state index in [-0.39, 0.29) is 19.6 Å². The van der Waals surface area contributed by atoms with Crippen LogP contribution in [0.4, 0.5) is 4.79 Å². The topological polar surface area (TPSA) is 110 Å². The Hall–Kier alpha value is -1.34. The van der Waals surface area contributed by atoms with E-state index in [1.807, 2.05) is 0 Å². The largest absolute Gasteiger partial charge is 0.480 e. The average molecular weight is 246 g/mol. The zero-order valence-electron chi connectivity index (χ0n) is 9.72. The van der Waals surface area contributed by atoms with E-state index in [1.54, 1.807) is 6.92 Å². The van der Waals surface area contributed by atoms with Crippen molar-refractivity contribution in [1.82, 2.24) is 10.2 Å².